The van der Waals surface area contributed by atoms with Crippen molar-refractivity contribution >= 4 is 29.6 Å². The average molecular weight is 532 g/mol. The molecule has 0 amide bonds. The van der Waals surface area contributed by atoms with E-state index >= 15 is 0 Å². The molecule has 2 N–H and O–H groups in total. The van der Waals surface area contributed by atoms with Crippen molar-refractivity contribution in [2.45, 2.75) is 26.3 Å². The van der Waals surface area contributed by atoms with Crippen molar-refractivity contribution in [3.05, 3.63) is 57.8 Å². The number of hydrogen-bond donors (Lipinski definition) is 2. The maximum Gasteiger partial charge on any atom is 0.513 e. The summed E-state index contributed by atoms with van der Waals surface area (Å²) in [6, 6.07) is 3.77. The second-order valence-electron chi connectivity index (χ2n) is 6.68. The van der Waals surface area contributed by atoms with Crippen LogP contribution in [-0.4, -0.2) is 17.1 Å². The van der Waals surface area contributed by atoms with Gasteiger partial charge in [-0.1, -0.05) is 29.8 Å². The zero-order valence-corrected chi connectivity index (χ0v) is 18.4. The average Bonchev–Trinajstić information content (AvgIpc) is 2.69. The fourth-order valence-corrected chi connectivity index (χ4v) is 4.17. The third-order valence-corrected chi connectivity index (χ3v) is 5.77. The zero-order valence-electron chi connectivity index (χ0n) is 16.0. The van der Waals surface area contributed by atoms with Gasteiger partial charge in [-0.2, -0.15) is 13.9 Å². The van der Waals surface area contributed by atoms with E-state index in [9.17, 15) is 36.4 Å². The molecule has 2 atom stereocenters. The summed E-state index contributed by atoms with van der Waals surface area (Å²) >= 11 is 3.14. The molecule has 6 nitrogen and oxygen atoms in total. The zero-order chi connectivity index (χ0) is 23.5. The van der Waals surface area contributed by atoms with Crippen LogP contribution in [0.1, 0.15) is 20.3 Å². The Labute approximate surface area is 182 Å². The Balaban J connectivity index is 2.53. The maximum atomic E-state index is 14.1. The van der Waals surface area contributed by atoms with Gasteiger partial charge in [0.1, 0.15) is 11.8 Å². The Hall–Kier alpha value is -2.17. The molecule has 0 aliphatic rings. The highest BCUT2D eigenvalue weighted by Gasteiger charge is 2.39. The molecule has 0 aliphatic carbocycles. The number of rotatable bonds is 9. The standard InChI is InChI=1S/C18H16BrF5NO5P/c1-8(2)7-11(18(26)27)25-31(28,29-10-5-3-9(19)4-6-10)30-17-15(23)13(21)12(20)14(22)16(17)24/h3-6,8,11H,7H2,1-2H3,(H,25,28)(H,26,27)/t11?,31-/m0/s1. The van der Waals surface area contributed by atoms with E-state index in [4.69, 9.17) is 4.52 Å². The van der Waals surface area contributed by atoms with Gasteiger partial charge in [-0.05, 0) is 36.6 Å². The first-order valence-corrected chi connectivity index (χ1v) is 10.9. The van der Waals surface area contributed by atoms with Crippen molar-refractivity contribution in [2.24, 2.45) is 5.92 Å². The minimum absolute atomic E-state index is 0.122. The number of carbonyl (C=O) groups is 1. The molecule has 0 saturated carbocycles. The number of carboxylic acids is 1. The largest absolute Gasteiger partial charge is 0.513 e. The molecule has 1 unspecified atom stereocenters. The van der Waals surface area contributed by atoms with Crippen LogP contribution in [-0.2, 0) is 9.36 Å². The van der Waals surface area contributed by atoms with Gasteiger partial charge in [0.2, 0.25) is 34.8 Å². The summed E-state index contributed by atoms with van der Waals surface area (Å²) in [4.78, 5) is 11.5. The molecule has 2 aromatic rings. The van der Waals surface area contributed by atoms with E-state index in [0.717, 1.165) is 0 Å². The molecular formula is C18H16BrF5NO5P. The molecule has 13 heteroatoms. The van der Waals surface area contributed by atoms with Gasteiger partial charge in [0.15, 0.2) is 0 Å². The Morgan fingerprint density at radius 3 is 1.94 bits per heavy atom. The van der Waals surface area contributed by atoms with Crippen LogP contribution in [0.2, 0.25) is 0 Å². The van der Waals surface area contributed by atoms with Crippen molar-refractivity contribution in [1.29, 1.82) is 0 Å². The van der Waals surface area contributed by atoms with E-state index in [1.54, 1.807) is 13.8 Å². The molecule has 0 spiro atoms. The highest BCUT2D eigenvalue weighted by Crippen LogP contribution is 2.48. The van der Waals surface area contributed by atoms with Crippen molar-refractivity contribution < 1.29 is 45.5 Å². The van der Waals surface area contributed by atoms with Crippen molar-refractivity contribution in [1.82, 2.24) is 5.09 Å². The minimum Gasteiger partial charge on any atom is -0.480 e. The fraction of sp³-hybridized carbons (Fsp3) is 0.278. The first-order valence-electron chi connectivity index (χ1n) is 8.61. The van der Waals surface area contributed by atoms with Crippen molar-refractivity contribution in [3.63, 3.8) is 0 Å². The summed E-state index contributed by atoms with van der Waals surface area (Å²) in [6.45, 7) is 3.28. The van der Waals surface area contributed by atoms with E-state index in [-0.39, 0.29) is 18.1 Å². The number of aliphatic carboxylic acids is 1. The fourth-order valence-electron chi connectivity index (χ4n) is 2.36. The molecule has 0 heterocycles. The molecule has 0 fully saturated rings. The molecule has 2 aromatic carbocycles. The molecule has 0 bridgehead atoms. The molecule has 0 aromatic heterocycles. The highest BCUT2D eigenvalue weighted by atomic mass is 79.9. The van der Waals surface area contributed by atoms with Gasteiger partial charge in [0.05, 0.1) is 0 Å². The second-order valence-corrected chi connectivity index (χ2v) is 9.22. The topological polar surface area (TPSA) is 84.9 Å². The number of nitrogens with one attached hydrogen (secondary N) is 1. The Kier molecular flexibility index (Phi) is 8.07. The van der Waals surface area contributed by atoms with Crippen LogP contribution in [0.15, 0.2) is 28.7 Å². The first-order chi connectivity index (χ1) is 14.3. The molecular weight excluding hydrogens is 516 g/mol. The lowest BCUT2D eigenvalue weighted by Crippen LogP contribution is -2.38. The summed E-state index contributed by atoms with van der Waals surface area (Å²) < 4.78 is 92.0. The van der Waals surface area contributed by atoms with Gasteiger partial charge < -0.3 is 14.2 Å². The number of halogens is 6. The molecule has 31 heavy (non-hydrogen) atoms. The predicted molar refractivity (Wildman–Crippen MR) is 103 cm³/mol. The Bertz CT molecular complexity index is 992. The lowest BCUT2D eigenvalue weighted by atomic mass is 10.1. The van der Waals surface area contributed by atoms with Crippen LogP contribution in [0.3, 0.4) is 0 Å². The van der Waals surface area contributed by atoms with Crippen LogP contribution in [0.5, 0.6) is 11.5 Å². The van der Waals surface area contributed by atoms with Gasteiger partial charge in [0.25, 0.3) is 0 Å². The quantitative estimate of drug-likeness (QED) is 0.184. The molecule has 2 rings (SSSR count). The molecule has 170 valence electrons. The minimum atomic E-state index is -5.04. The van der Waals surface area contributed by atoms with Crippen molar-refractivity contribution in [3.8, 4) is 11.5 Å². The van der Waals surface area contributed by atoms with E-state index in [0.29, 0.717) is 4.47 Å². The van der Waals surface area contributed by atoms with Gasteiger partial charge in [-0.25, -0.2) is 17.7 Å². The lowest BCUT2D eigenvalue weighted by molar-refractivity contribution is -0.139. The first kappa shape index (κ1) is 25.1. The summed E-state index contributed by atoms with van der Waals surface area (Å²) in [6.07, 6.45) is -0.122. The smallest absolute Gasteiger partial charge is 0.480 e. The van der Waals surface area contributed by atoms with E-state index < -0.39 is 54.6 Å². The number of benzene rings is 2. The van der Waals surface area contributed by atoms with Crippen LogP contribution in [0.25, 0.3) is 0 Å². The normalized spacial score (nSPS) is 14.2. The third kappa shape index (κ3) is 6.18. The highest BCUT2D eigenvalue weighted by molar-refractivity contribution is 9.10. The van der Waals surface area contributed by atoms with Crippen molar-refractivity contribution in [2.75, 3.05) is 0 Å². The van der Waals surface area contributed by atoms with Gasteiger partial charge >= 0.3 is 13.7 Å². The van der Waals surface area contributed by atoms with Gasteiger partial charge in [-0.3, -0.25) is 4.79 Å². The maximum absolute atomic E-state index is 14.1. The summed E-state index contributed by atoms with van der Waals surface area (Å²) in [5, 5.41) is 11.4. The van der Waals surface area contributed by atoms with E-state index in [2.05, 4.69) is 20.5 Å². The monoisotopic (exact) mass is 531 g/mol. The third-order valence-electron chi connectivity index (χ3n) is 3.74. The van der Waals surface area contributed by atoms with E-state index in [1.807, 2.05) is 5.09 Å². The predicted octanol–water partition coefficient (Wildman–Crippen LogP) is 5.80. The van der Waals surface area contributed by atoms with Crippen LogP contribution in [0.4, 0.5) is 22.0 Å². The summed E-state index contributed by atoms with van der Waals surface area (Å²) in [7, 11) is -5.04. The number of hydrogen-bond acceptors (Lipinski definition) is 4. The van der Waals surface area contributed by atoms with E-state index in [1.165, 1.54) is 24.3 Å². The summed E-state index contributed by atoms with van der Waals surface area (Å²) in [5.74, 6) is -15.7. The lowest BCUT2D eigenvalue weighted by Gasteiger charge is -2.25. The van der Waals surface area contributed by atoms with Gasteiger partial charge in [0, 0.05) is 4.47 Å². The van der Waals surface area contributed by atoms with Crippen LogP contribution < -0.4 is 14.1 Å². The van der Waals surface area contributed by atoms with Gasteiger partial charge in [-0.15, -0.1) is 0 Å². The Morgan fingerprint density at radius 1 is 1.00 bits per heavy atom. The number of carboxylic acid groups (broad SMARTS) is 1. The summed E-state index contributed by atoms with van der Waals surface area (Å²) in [5.41, 5.74) is 0. The van der Waals surface area contributed by atoms with Crippen LogP contribution in [0, 0.1) is 35.0 Å². The SMILES string of the molecule is CC(C)CC(N[P@](=O)(Oc1ccc(Br)cc1)Oc1c(F)c(F)c(F)c(F)c1F)C(=O)O. The second kappa shape index (κ2) is 9.97. The van der Waals surface area contributed by atoms with Crippen LogP contribution >= 0.6 is 23.7 Å². The molecule has 0 saturated heterocycles. The molecule has 0 radical (unpaired) electrons. The Morgan fingerprint density at radius 2 is 1.48 bits per heavy atom. The molecule has 0 aliphatic heterocycles.